The first-order valence-electron chi connectivity index (χ1n) is 7.55. The highest BCUT2D eigenvalue weighted by atomic mass is 16.5. The summed E-state index contributed by atoms with van der Waals surface area (Å²) in [5.74, 6) is 2.16. The Morgan fingerprint density at radius 3 is 2.95 bits per heavy atom. The normalized spacial score (nSPS) is 29.2. The van der Waals surface area contributed by atoms with E-state index in [1.807, 2.05) is 0 Å². The Morgan fingerprint density at radius 1 is 1.32 bits per heavy atom. The van der Waals surface area contributed by atoms with E-state index in [2.05, 4.69) is 34.2 Å². The monoisotopic (exact) mass is 264 g/mol. The molecule has 3 heterocycles. The average Bonchev–Trinajstić information content (AvgIpc) is 3.09. The summed E-state index contributed by atoms with van der Waals surface area (Å²) in [6.45, 7) is 7.69. The zero-order valence-electron chi connectivity index (χ0n) is 11.9. The van der Waals surface area contributed by atoms with Crippen LogP contribution in [0, 0.1) is 0 Å². The molecule has 2 saturated heterocycles. The van der Waals surface area contributed by atoms with Crippen molar-refractivity contribution in [2.24, 2.45) is 0 Å². The second-order valence-corrected chi connectivity index (χ2v) is 6.02. The molecule has 5 heteroatoms. The molecule has 2 atom stereocenters. The maximum atomic E-state index is 5.57. The Bertz CT molecular complexity index is 411. The third kappa shape index (κ3) is 2.67. The average molecular weight is 264 g/mol. The number of rotatable bonds is 3. The lowest BCUT2D eigenvalue weighted by atomic mass is 10.0. The quantitative estimate of drug-likeness (QED) is 0.906. The van der Waals surface area contributed by atoms with E-state index in [1.165, 1.54) is 12.8 Å². The summed E-state index contributed by atoms with van der Waals surface area (Å²) in [6.07, 6.45) is 4.80. The topological polar surface area (TPSA) is 54.2 Å². The SMILES string of the molecule is CC(C)N1CCCCC1c1nc(C2CCNC2)no1. The van der Waals surface area contributed by atoms with Crippen molar-refractivity contribution in [1.29, 1.82) is 0 Å². The van der Waals surface area contributed by atoms with E-state index in [1.54, 1.807) is 0 Å². The van der Waals surface area contributed by atoms with Crippen LogP contribution in [-0.4, -0.2) is 40.7 Å². The highest BCUT2D eigenvalue weighted by Crippen LogP contribution is 2.32. The molecule has 0 radical (unpaired) electrons. The van der Waals surface area contributed by atoms with Crippen LogP contribution in [-0.2, 0) is 0 Å². The molecule has 2 aliphatic heterocycles. The number of piperidine rings is 1. The number of nitrogens with one attached hydrogen (secondary N) is 1. The standard InChI is InChI=1S/C14H24N4O/c1-10(2)18-8-4-3-5-12(18)14-16-13(17-19-14)11-6-7-15-9-11/h10-12,15H,3-9H2,1-2H3. The van der Waals surface area contributed by atoms with Gasteiger partial charge < -0.3 is 9.84 Å². The zero-order chi connectivity index (χ0) is 13.2. The molecule has 1 N–H and O–H groups in total. The van der Waals surface area contributed by atoms with Gasteiger partial charge in [-0.1, -0.05) is 11.6 Å². The van der Waals surface area contributed by atoms with E-state index in [0.717, 1.165) is 44.2 Å². The molecular formula is C14H24N4O. The van der Waals surface area contributed by atoms with Gasteiger partial charge in [-0.3, -0.25) is 4.90 Å². The number of likely N-dealkylation sites (tertiary alicyclic amines) is 1. The number of hydrogen-bond donors (Lipinski definition) is 1. The Hall–Kier alpha value is -0.940. The molecular weight excluding hydrogens is 240 g/mol. The van der Waals surface area contributed by atoms with Gasteiger partial charge in [0.25, 0.3) is 0 Å². The Kier molecular flexibility index (Phi) is 3.84. The number of aromatic nitrogens is 2. The number of hydrogen-bond acceptors (Lipinski definition) is 5. The van der Waals surface area contributed by atoms with Crippen molar-refractivity contribution in [1.82, 2.24) is 20.4 Å². The van der Waals surface area contributed by atoms with Gasteiger partial charge in [0.1, 0.15) is 0 Å². The summed E-state index contributed by atoms with van der Waals surface area (Å²) in [4.78, 5) is 7.18. The molecule has 0 amide bonds. The van der Waals surface area contributed by atoms with Crippen molar-refractivity contribution in [3.63, 3.8) is 0 Å². The van der Waals surface area contributed by atoms with Crippen LogP contribution in [0.4, 0.5) is 0 Å². The molecule has 0 aliphatic carbocycles. The molecule has 5 nitrogen and oxygen atoms in total. The fourth-order valence-electron chi connectivity index (χ4n) is 3.26. The molecule has 0 saturated carbocycles. The molecule has 3 rings (SSSR count). The van der Waals surface area contributed by atoms with E-state index < -0.39 is 0 Å². The molecule has 0 bridgehead atoms. The molecule has 1 aromatic rings. The van der Waals surface area contributed by atoms with Gasteiger partial charge in [0, 0.05) is 18.5 Å². The maximum Gasteiger partial charge on any atom is 0.244 e. The second kappa shape index (κ2) is 5.59. The van der Waals surface area contributed by atoms with Crippen LogP contribution in [0.3, 0.4) is 0 Å². The lowest BCUT2D eigenvalue weighted by molar-refractivity contribution is 0.0875. The van der Waals surface area contributed by atoms with Crippen molar-refractivity contribution in [3.8, 4) is 0 Å². The molecule has 2 fully saturated rings. The lowest BCUT2D eigenvalue weighted by Gasteiger charge is -2.36. The second-order valence-electron chi connectivity index (χ2n) is 6.02. The minimum absolute atomic E-state index is 0.323. The molecule has 1 aromatic heterocycles. The van der Waals surface area contributed by atoms with Crippen molar-refractivity contribution >= 4 is 0 Å². The molecule has 0 spiro atoms. The summed E-state index contributed by atoms with van der Waals surface area (Å²) in [5.41, 5.74) is 0. The van der Waals surface area contributed by atoms with Crippen LogP contribution in [0.1, 0.15) is 63.2 Å². The van der Waals surface area contributed by atoms with E-state index in [0.29, 0.717) is 18.0 Å². The van der Waals surface area contributed by atoms with E-state index >= 15 is 0 Å². The van der Waals surface area contributed by atoms with Crippen molar-refractivity contribution < 1.29 is 4.52 Å². The van der Waals surface area contributed by atoms with E-state index in [9.17, 15) is 0 Å². The van der Waals surface area contributed by atoms with Crippen LogP contribution in [0.15, 0.2) is 4.52 Å². The van der Waals surface area contributed by atoms with Crippen LogP contribution in [0.2, 0.25) is 0 Å². The van der Waals surface area contributed by atoms with Gasteiger partial charge in [-0.05, 0) is 46.2 Å². The lowest BCUT2D eigenvalue weighted by Crippen LogP contribution is -2.38. The molecule has 0 aromatic carbocycles. The Balaban J connectivity index is 1.76. The minimum atomic E-state index is 0.323. The Labute approximate surface area is 114 Å². The smallest absolute Gasteiger partial charge is 0.244 e. The minimum Gasteiger partial charge on any atom is -0.338 e. The molecule has 2 aliphatic rings. The third-order valence-corrected chi connectivity index (χ3v) is 4.38. The summed E-state index contributed by atoms with van der Waals surface area (Å²) in [7, 11) is 0. The maximum absolute atomic E-state index is 5.57. The van der Waals surface area contributed by atoms with Crippen LogP contribution in [0.25, 0.3) is 0 Å². The first-order valence-corrected chi connectivity index (χ1v) is 7.55. The Morgan fingerprint density at radius 2 is 2.21 bits per heavy atom. The summed E-state index contributed by atoms with van der Waals surface area (Å²) >= 11 is 0. The van der Waals surface area contributed by atoms with Crippen LogP contribution in [0.5, 0.6) is 0 Å². The van der Waals surface area contributed by atoms with Crippen LogP contribution < -0.4 is 5.32 Å². The van der Waals surface area contributed by atoms with Crippen molar-refractivity contribution in [2.75, 3.05) is 19.6 Å². The fraction of sp³-hybridized carbons (Fsp3) is 0.857. The zero-order valence-corrected chi connectivity index (χ0v) is 11.9. The molecule has 19 heavy (non-hydrogen) atoms. The fourth-order valence-corrected chi connectivity index (χ4v) is 3.26. The number of nitrogens with zero attached hydrogens (tertiary/aromatic N) is 3. The first-order chi connectivity index (χ1) is 9.25. The van der Waals surface area contributed by atoms with Gasteiger partial charge in [-0.2, -0.15) is 4.98 Å². The third-order valence-electron chi connectivity index (χ3n) is 4.38. The van der Waals surface area contributed by atoms with Gasteiger partial charge in [0.05, 0.1) is 6.04 Å². The predicted octanol–water partition coefficient (Wildman–Crippen LogP) is 2.08. The molecule has 106 valence electrons. The summed E-state index contributed by atoms with van der Waals surface area (Å²) < 4.78 is 5.57. The molecule has 2 unspecified atom stereocenters. The predicted molar refractivity (Wildman–Crippen MR) is 73.0 cm³/mol. The van der Waals surface area contributed by atoms with Gasteiger partial charge >= 0.3 is 0 Å². The van der Waals surface area contributed by atoms with Crippen molar-refractivity contribution in [2.45, 2.75) is 57.5 Å². The van der Waals surface area contributed by atoms with Crippen LogP contribution >= 0.6 is 0 Å². The largest absolute Gasteiger partial charge is 0.338 e. The van der Waals surface area contributed by atoms with E-state index in [4.69, 9.17) is 4.52 Å². The van der Waals surface area contributed by atoms with Gasteiger partial charge in [0.2, 0.25) is 5.89 Å². The summed E-state index contributed by atoms with van der Waals surface area (Å²) in [5, 5.41) is 7.57. The van der Waals surface area contributed by atoms with Gasteiger partial charge in [-0.25, -0.2) is 0 Å². The van der Waals surface area contributed by atoms with Gasteiger partial charge in [-0.15, -0.1) is 0 Å². The summed E-state index contributed by atoms with van der Waals surface area (Å²) in [6, 6.07) is 0.859. The van der Waals surface area contributed by atoms with Crippen molar-refractivity contribution in [3.05, 3.63) is 11.7 Å². The van der Waals surface area contributed by atoms with Gasteiger partial charge in [0.15, 0.2) is 5.82 Å². The van der Waals surface area contributed by atoms with E-state index in [-0.39, 0.29) is 0 Å². The highest BCUT2D eigenvalue weighted by Gasteiger charge is 2.31. The first kappa shape index (κ1) is 13.1. The highest BCUT2D eigenvalue weighted by molar-refractivity contribution is 5.03.